The molecule has 1 aliphatic rings. The van der Waals surface area contributed by atoms with Crippen molar-refractivity contribution in [2.45, 2.75) is 6.54 Å². The lowest BCUT2D eigenvalue weighted by atomic mass is 10.1. The Hall–Kier alpha value is -1.39. The molecule has 2 N–H and O–H groups in total. The van der Waals surface area contributed by atoms with Crippen molar-refractivity contribution >= 4 is 5.91 Å². The number of nitrogens with two attached hydrogens (primary N) is 1. The summed E-state index contributed by atoms with van der Waals surface area (Å²) in [5.41, 5.74) is 6.94. The van der Waals surface area contributed by atoms with Gasteiger partial charge in [-0.05, 0) is 17.7 Å². The van der Waals surface area contributed by atoms with Crippen LogP contribution in [0.1, 0.15) is 17.3 Å². The zero-order valence-electron chi connectivity index (χ0n) is 9.19. The van der Waals surface area contributed by atoms with Gasteiger partial charge in [-0.15, -0.1) is 0 Å². The maximum Gasteiger partial charge on any atom is 0.248 e. The molecule has 1 aliphatic heterocycles. The topological polar surface area (TPSA) is 55.6 Å². The molecular formula is C12H18N2O2. The van der Waals surface area contributed by atoms with Crippen LogP contribution in [0.15, 0.2) is 24.3 Å². The third-order valence-corrected chi connectivity index (χ3v) is 2.75. The highest BCUT2D eigenvalue weighted by molar-refractivity contribution is 5.92. The number of hydrogen-bond donors (Lipinski definition) is 1. The van der Waals surface area contributed by atoms with Crippen molar-refractivity contribution in [3.8, 4) is 0 Å². The summed E-state index contributed by atoms with van der Waals surface area (Å²) in [6.07, 6.45) is 0. The third-order valence-electron chi connectivity index (χ3n) is 2.75. The highest BCUT2D eigenvalue weighted by Gasteiger charge is 2.10. The highest BCUT2D eigenvalue weighted by atomic mass is 16.5. The van der Waals surface area contributed by atoms with E-state index in [1.165, 1.54) is 5.56 Å². The molecule has 0 atom stereocenters. The zero-order valence-corrected chi connectivity index (χ0v) is 9.19. The van der Waals surface area contributed by atoms with Crippen molar-refractivity contribution in [1.82, 2.24) is 4.90 Å². The lowest BCUT2D eigenvalue weighted by Crippen LogP contribution is -2.35. The zero-order chi connectivity index (χ0) is 11.4. The van der Waals surface area contributed by atoms with Crippen molar-refractivity contribution in [2.75, 3.05) is 26.3 Å². The lowest BCUT2D eigenvalue weighted by molar-refractivity contribution is 0.0342. The maximum absolute atomic E-state index is 10.9. The lowest BCUT2D eigenvalue weighted by Gasteiger charge is -2.26. The minimum Gasteiger partial charge on any atom is -0.379 e. The van der Waals surface area contributed by atoms with Crippen LogP contribution in [0, 0.1) is 0 Å². The molecule has 16 heavy (non-hydrogen) atoms. The number of amides is 1. The number of carbonyl (C=O) groups excluding carboxylic acids is 1. The number of rotatable bonds is 3. The molecule has 4 nitrogen and oxygen atoms in total. The average Bonchev–Trinajstić information content (AvgIpc) is 2.31. The SMILES string of the molecule is NC(=O)c1ccc(CN2CCOCC2)cc1.[HH]. The molecule has 0 unspecified atom stereocenters. The minimum atomic E-state index is -0.377. The summed E-state index contributed by atoms with van der Waals surface area (Å²) in [4.78, 5) is 13.2. The summed E-state index contributed by atoms with van der Waals surface area (Å²) in [6.45, 7) is 4.45. The summed E-state index contributed by atoms with van der Waals surface area (Å²) >= 11 is 0. The van der Waals surface area contributed by atoms with Gasteiger partial charge in [-0.3, -0.25) is 9.69 Å². The third kappa shape index (κ3) is 2.81. The Kier molecular flexibility index (Phi) is 3.54. The van der Waals surface area contributed by atoms with E-state index in [0.717, 1.165) is 32.8 Å². The maximum atomic E-state index is 10.9. The van der Waals surface area contributed by atoms with Crippen LogP contribution in [0.5, 0.6) is 0 Å². The number of ether oxygens (including phenoxy) is 1. The van der Waals surface area contributed by atoms with Crippen molar-refractivity contribution in [2.24, 2.45) is 5.73 Å². The smallest absolute Gasteiger partial charge is 0.248 e. The fourth-order valence-corrected chi connectivity index (χ4v) is 1.79. The molecule has 0 bridgehead atoms. The van der Waals surface area contributed by atoms with Crippen molar-refractivity contribution in [3.05, 3.63) is 35.4 Å². The monoisotopic (exact) mass is 222 g/mol. The van der Waals surface area contributed by atoms with E-state index in [0.29, 0.717) is 5.56 Å². The fourth-order valence-electron chi connectivity index (χ4n) is 1.79. The van der Waals surface area contributed by atoms with Crippen LogP contribution >= 0.6 is 0 Å². The van der Waals surface area contributed by atoms with E-state index in [2.05, 4.69) is 4.90 Å². The van der Waals surface area contributed by atoms with Gasteiger partial charge in [0.1, 0.15) is 0 Å². The Morgan fingerprint density at radius 2 is 1.94 bits per heavy atom. The molecule has 0 aliphatic carbocycles. The predicted octanol–water partition coefficient (Wildman–Crippen LogP) is 0.864. The van der Waals surface area contributed by atoms with Crippen LogP contribution in [0.3, 0.4) is 0 Å². The molecule has 1 aromatic carbocycles. The second-order valence-electron chi connectivity index (χ2n) is 3.95. The van der Waals surface area contributed by atoms with Gasteiger partial charge in [0.25, 0.3) is 0 Å². The second-order valence-corrected chi connectivity index (χ2v) is 3.95. The van der Waals surface area contributed by atoms with Crippen LogP contribution in [-0.4, -0.2) is 37.1 Å². The highest BCUT2D eigenvalue weighted by Crippen LogP contribution is 2.08. The van der Waals surface area contributed by atoms with E-state index < -0.39 is 0 Å². The largest absolute Gasteiger partial charge is 0.379 e. The summed E-state index contributed by atoms with van der Waals surface area (Å²) in [6, 6.07) is 7.46. The van der Waals surface area contributed by atoms with Crippen molar-refractivity contribution in [1.29, 1.82) is 0 Å². The van der Waals surface area contributed by atoms with Gasteiger partial charge in [0.05, 0.1) is 13.2 Å². The quantitative estimate of drug-likeness (QED) is 0.825. The van der Waals surface area contributed by atoms with Gasteiger partial charge in [0.15, 0.2) is 0 Å². The Morgan fingerprint density at radius 1 is 1.31 bits per heavy atom. The van der Waals surface area contributed by atoms with E-state index in [4.69, 9.17) is 10.5 Å². The molecule has 1 aromatic rings. The molecule has 1 heterocycles. The fraction of sp³-hybridized carbons (Fsp3) is 0.417. The average molecular weight is 222 g/mol. The molecule has 1 amide bonds. The number of nitrogens with zero attached hydrogens (tertiary/aromatic N) is 1. The molecule has 0 saturated carbocycles. The second kappa shape index (κ2) is 5.09. The summed E-state index contributed by atoms with van der Waals surface area (Å²) < 4.78 is 5.29. The Morgan fingerprint density at radius 3 is 2.50 bits per heavy atom. The Labute approximate surface area is 96.5 Å². The summed E-state index contributed by atoms with van der Waals surface area (Å²) in [7, 11) is 0. The number of hydrogen-bond acceptors (Lipinski definition) is 3. The predicted molar refractivity (Wildman–Crippen MR) is 63.2 cm³/mol. The Bertz CT molecular complexity index is 361. The molecule has 0 radical (unpaired) electrons. The van der Waals surface area contributed by atoms with Gasteiger partial charge in [-0.2, -0.15) is 0 Å². The van der Waals surface area contributed by atoms with Gasteiger partial charge in [0, 0.05) is 26.6 Å². The van der Waals surface area contributed by atoms with E-state index in [1.54, 1.807) is 12.1 Å². The summed E-state index contributed by atoms with van der Waals surface area (Å²) in [5, 5.41) is 0. The number of primary amides is 1. The molecule has 1 saturated heterocycles. The van der Waals surface area contributed by atoms with Crippen molar-refractivity contribution < 1.29 is 11.0 Å². The standard InChI is InChI=1S/C12H16N2O2.H2/c13-12(15)11-3-1-10(2-4-11)9-14-5-7-16-8-6-14;/h1-4H,5-9H2,(H2,13,15);1H. The van der Waals surface area contributed by atoms with Crippen LogP contribution < -0.4 is 5.73 Å². The van der Waals surface area contributed by atoms with Crippen LogP contribution in [0.2, 0.25) is 0 Å². The van der Waals surface area contributed by atoms with Crippen molar-refractivity contribution in [3.63, 3.8) is 0 Å². The first kappa shape index (κ1) is 11.1. The number of morpholine rings is 1. The molecule has 1 fully saturated rings. The summed E-state index contributed by atoms with van der Waals surface area (Å²) in [5.74, 6) is -0.377. The first-order valence-corrected chi connectivity index (χ1v) is 5.44. The van der Waals surface area contributed by atoms with Crippen LogP contribution in [0.25, 0.3) is 0 Å². The van der Waals surface area contributed by atoms with Gasteiger partial charge in [0.2, 0.25) is 5.91 Å². The van der Waals surface area contributed by atoms with E-state index in [1.807, 2.05) is 12.1 Å². The van der Waals surface area contributed by atoms with E-state index >= 15 is 0 Å². The van der Waals surface area contributed by atoms with Gasteiger partial charge < -0.3 is 10.5 Å². The van der Waals surface area contributed by atoms with E-state index in [9.17, 15) is 4.79 Å². The number of benzene rings is 1. The molecular weight excluding hydrogens is 204 g/mol. The first-order valence-electron chi connectivity index (χ1n) is 5.44. The van der Waals surface area contributed by atoms with E-state index in [-0.39, 0.29) is 7.33 Å². The molecule has 88 valence electrons. The number of carbonyl (C=O) groups is 1. The van der Waals surface area contributed by atoms with Crippen LogP contribution in [-0.2, 0) is 11.3 Å². The van der Waals surface area contributed by atoms with Gasteiger partial charge in [-0.25, -0.2) is 0 Å². The van der Waals surface area contributed by atoms with Gasteiger partial charge in [-0.1, -0.05) is 12.1 Å². The normalized spacial score (nSPS) is 17.2. The molecule has 0 spiro atoms. The molecule has 2 rings (SSSR count). The Balaban J connectivity index is 0.00000144. The van der Waals surface area contributed by atoms with Gasteiger partial charge >= 0.3 is 0 Å². The first-order chi connectivity index (χ1) is 7.75. The molecule has 4 heteroatoms. The molecule has 0 aromatic heterocycles. The minimum absolute atomic E-state index is 0. The van der Waals surface area contributed by atoms with Crippen LogP contribution in [0.4, 0.5) is 0 Å².